The molecule has 8 rings (SSSR count). The van der Waals surface area contributed by atoms with Gasteiger partial charge in [-0.2, -0.15) is 15.2 Å². The molecule has 46 heavy (non-hydrogen) atoms. The predicted octanol–water partition coefficient (Wildman–Crippen LogP) is 5.82. The minimum atomic E-state index is -0.938. The molecule has 4 aromatic rings. The normalized spacial score (nSPS) is 25.6. The van der Waals surface area contributed by atoms with Gasteiger partial charge >= 0.3 is 6.01 Å². The first-order valence-electron chi connectivity index (χ1n) is 15.8. The Morgan fingerprint density at radius 2 is 1.98 bits per heavy atom. The van der Waals surface area contributed by atoms with Crippen molar-refractivity contribution in [2.24, 2.45) is 5.92 Å². The molecule has 11 heteroatoms. The molecule has 0 spiro atoms. The largest absolute Gasteiger partial charge is 0.508 e. The number of pyridine rings is 1. The molecule has 3 fully saturated rings. The van der Waals surface area contributed by atoms with Crippen molar-refractivity contribution in [3.8, 4) is 41.4 Å². The molecule has 0 aliphatic carbocycles. The summed E-state index contributed by atoms with van der Waals surface area (Å²) in [5, 5.41) is 22.0. The number of hydrogen-bond acceptors (Lipinski definition) is 8. The number of ether oxygens (including phenoxy) is 1. The summed E-state index contributed by atoms with van der Waals surface area (Å²) < 4.78 is 52.7. The summed E-state index contributed by atoms with van der Waals surface area (Å²) >= 11 is 0. The Hall–Kier alpha value is -4.61. The fourth-order valence-corrected chi connectivity index (χ4v) is 8.32. The van der Waals surface area contributed by atoms with Crippen LogP contribution in [-0.4, -0.2) is 69.0 Å². The summed E-state index contributed by atoms with van der Waals surface area (Å²) in [6.07, 6.45) is 9.68. The molecule has 4 atom stereocenters. The second-order valence-electron chi connectivity index (χ2n) is 13.0. The number of rotatable bonds is 4. The fraction of sp³-hybridized carbons (Fsp3) is 0.429. The molecule has 1 N–H and O–H groups in total. The van der Waals surface area contributed by atoms with Crippen LogP contribution in [0.3, 0.4) is 0 Å². The van der Waals surface area contributed by atoms with Crippen molar-refractivity contribution in [2.75, 3.05) is 31.1 Å². The van der Waals surface area contributed by atoms with Gasteiger partial charge < -0.3 is 14.7 Å². The first-order valence-corrected chi connectivity index (χ1v) is 15.8. The van der Waals surface area contributed by atoms with Gasteiger partial charge in [0, 0.05) is 42.9 Å². The van der Waals surface area contributed by atoms with E-state index in [0.717, 1.165) is 38.6 Å². The number of phenolic OH excluding ortho intramolecular Hbond substituents is 1. The van der Waals surface area contributed by atoms with Crippen LogP contribution >= 0.6 is 0 Å². The van der Waals surface area contributed by atoms with Gasteiger partial charge in [-0.15, -0.1) is 6.42 Å². The molecule has 4 aliphatic rings. The summed E-state index contributed by atoms with van der Waals surface area (Å²) in [7, 11) is 0. The van der Waals surface area contributed by atoms with E-state index in [1.165, 1.54) is 24.3 Å². The van der Waals surface area contributed by atoms with Crippen LogP contribution in [0, 0.1) is 41.2 Å². The SMILES string of the molecule is C#Cc1c(F)ccc2cc(O)cc(-c3nc4c5c(nc(OC[C@@]67CCCN6C[C@H](F)C7)nc5c3F)N3CCCCC3C(C#N)C4)c12. The summed E-state index contributed by atoms with van der Waals surface area (Å²) in [6, 6.07) is 7.67. The standard InChI is InChI=1S/C35H31F3N6O2/c1-2-23-25(37)8-7-19-12-22(45)14-24(28(19)23)31-30(38)32-29-26(40-31)13-20(16-39)27-6-3-4-11-44(27)33(29)42-34(41-32)46-18-35-9-5-10-43(35)17-21(36)15-35/h1,7-8,12,14,20-21,27,45H,3-6,9-11,13,15,17-18H2/t20?,21-,27?,35+/m1/s1. The van der Waals surface area contributed by atoms with Crippen LogP contribution in [-0.2, 0) is 6.42 Å². The molecule has 2 unspecified atom stereocenters. The fourth-order valence-electron chi connectivity index (χ4n) is 8.32. The minimum absolute atomic E-state index is 0.0381. The van der Waals surface area contributed by atoms with Crippen LogP contribution in [0.4, 0.5) is 19.0 Å². The average molecular weight is 625 g/mol. The van der Waals surface area contributed by atoms with Gasteiger partial charge in [-0.1, -0.05) is 12.0 Å². The Kier molecular flexibility index (Phi) is 6.73. The van der Waals surface area contributed by atoms with Crippen molar-refractivity contribution < 1.29 is 23.0 Å². The van der Waals surface area contributed by atoms with Gasteiger partial charge in [0.25, 0.3) is 0 Å². The summed E-state index contributed by atoms with van der Waals surface area (Å²) in [6.45, 7) is 1.95. The zero-order valence-corrected chi connectivity index (χ0v) is 25.1. The molecule has 0 saturated carbocycles. The molecule has 0 radical (unpaired) electrons. The highest BCUT2D eigenvalue weighted by Gasteiger charge is 2.49. The molecular weight excluding hydrogens is 593 g/mol. The number of fused-ring (bicyclic) bond motifs is 4. The Morgan fingerprint density at radius 1 is 1.11 bits per heavy atom. The Bertz CT molecular complexity index is 2010. The van der Waals surface area contributed by atoms with Crippen molar-refractivity contribution in [2.45, 2.75) is 62.7 Å². The van der Waals surface area contributed by atoms with E-state index in [2.05, 4.69) is 26.8 Å². The number of hydrogen-bond donors (Lipinski definition) is 1. The van der Waals surface area contributed by atoms with E-state index in [4.69, 9.17) is 21.1 Å². The van der Waals surface area contributed by atoms with E-state index < -0.39 is 29.3 Å². The maximum Gasteiger partial charge on any atom is 0.319 e. The van der Waals surface area contributed by atoms with E-state index >= 15 is 4.39 Å². The van der Waals surface area contributed by atoms with Crippen molar-refractivity contribution in [3.63, 3.8) is 0 Å². The zero-order valence-electron chi connectivity index (χ0n) is 25.1. The van der Waals surface area contributed by atoms with Gasteiger partial charge in [-0.25, -0.2) is 18.2 Å². The van der Waals surface area contributed by atoms with Gasteiger partial charge in [0.15, 0.2) is 5.82 Å². The maximum atomic E-state index is 17.0. The molecule has 0 bridgehead atoms. The summed E-state index contributed by atoms with van der Waals surface area (Å²) in [5.74, 6) is 0.734. The Morgan fingerprint density at radius 3 is 2.80 bits per heavy atom. The molecule has 2 aromatic carbocycles. The number of halogens is 3. The number of anilines is 1. The van der Waals surface area contributed by atoms with Crippen LogP contribution < -0.4 is 9.64 Å². The van der Waals surface area contributed by atoms with E-state index in [-0.39, 0.29) is 58.6 Å². The van der Waals surface area contributed by atoms with Crippen LogP contribution in [0.5, 0.6) is 11.8 Å². The zero-order chi connectivity index (χ0) is 31.7. The lowest BCUT2D eigenvalue weighted by molar-refractivity contribution is 0.107. The lowest BCUT2D eigenvalue weighted by Crippen LogP contribution is -2.44. The first-order chi connectivity index (χ1) is 22.3. The smallest absolute Gasteiger partial charge is 0.319 e. The molecule has 2 aromatic heterocycles. The van der Waals surface area contributed by atoms with E-state index in [0.29, 0.717) is 41.8 Å². The monoisotopic (exact) mass is 624 g/mol. The highest BCUT2D eigenvalue weighted by Crippen LogP contribution is 2.45. The quantitative estimate of drug-likeness (QED) is 0.284. The third kappa shape index (κ3) is 4.36. The Labute approximate surface area is 263 Å². The van der Waals surface area contributed by atoms with Crippen molar-refractivity contribution in [1.82, 2.24) is 19.9 Å². The average Bonchev–Trinajstić information content (AvgIpc) is 3.54. The molecule has 8 nitrogen and oxygen atoms in total. The van der Waals surface area contributed by atoms with Gasteiger partial charge in [0.05, 0.1) is 34.2 Å². The third-order valence-electron chi connectivity index (χ3n) is 10.4. The van der Waals surface area contributed by atoms with Crippen molar-refractivity contribution in [3.05, 3.63) is 47.2 Å². The lowest BCUT2D eigenvalue weighted by atomic mass is 9.89. The van der Waals surface area contributed by atoms with E-state index in [9.17, 15) is 19.1 Å². The van der Waals surface area contributed by atoms with Gasteiger partial charge in [0.2, 0.25) is 0 Å². The first kappa shape index (κ1) is 28.8. The highest BCUT2D eigenvalue weighted by molar-refractivity contribution is 6.03. The number of aromatic nitrogens is 3. The van der Waals surface area contributed by atoms with Crippen LogP contribution in [0.15, 0.2) is 24.3 Å². The highest BCUT2D eigenvalue weighted by atomic mass is 19.1. The molecule has 3 saturated heterocycles. The number of aromatic hydroxyl groups is 1. The third-order valence-corrected chi connectivity index (χ3v) is 10.4. The van der Waals surface area contributed by atoms with Crippen LogP contribution in [0.2, 0.25) is 0 Å². The number of nitrogens with zero attached hydrogens (tertiary/aromatic N) is 6. The van der Waals surface area contributed by atoms with Crippen LogP contribution in [0.1, 0.15) is 49.8 Å². The number of benzene rings is 2. The number of terminal acetylenes is 1. The lowest BCUT2D eigenvalue weighted by Gasteiger charge is -2.38. The second kappa shape index (κ2) is 10.7. The van der Waals surface area contributed by atoms with E-state index in [1.54, 1.807) is 0 Å². The molecule has 6 heterocycles. The van der Waals surface area contributed by atoms with Gasteiger partial charge in [0.1, 0.15) is 41.4 Å². The second-order valence-corrected chi connectivity index (χ2v) is 13.0. The minimum Gasteiger partial charge on any atom is -0.508 e. The molecule has 234 valence electrons. The van der Waals surface area contributed by atoms with Gasteiger partial charge in [-0.3, -0.25) is 4.90 Å². The maximum absolute atomic E-state index is 17.0. The number of nitriles is 1. The van der Waals surface area contributed by atoms with Crippen LogP contribution in [0.25, 0.3) is 32.9 Å². The Balaban J connectivity index is 1.36. The predicted molar refractivity (Wildman–Crippen MR) is 166 cm³/mol. The van der Waals surface area contributed by atoms with Gasteiger partial charge in [-0.05, 0) is 62.2 Å². The molecular formula is C35H31F3N6O2. The van der Waals surface area contributed by atoms with Crippen molar-refractivity contribution >= 4 is 27.5 Å². The van der Waals surface area contributed by atoms with Crippen molar-refractivity contribution in [1.29, 1.82) is 5.26 Å². The molecule has 4 aliphatic heterocycles. The van der Waals surface area contributed by atoms with E-state index in [1.807, 2.05) is 0 Å². The summed E-state index contributed by atoms with van der Waals surface area (Å²) in [4.78, 5) is 18.4. The molecule has 0 amide bonds. The summed E-state index contributed by atoms with van der Waals surface area (Å²) in [5.41, 5.74) is -0.225. The topological polar surface area (TPSA) is 98.4 Å². The number of phenols is 1. The number of piperidine rings is 1. The number of alkyl halides is 1.